The molecule has 1 aliphatic rings. The summed E-state index contributed by atoms with van der Waals surface area (Å²) in [6.07, 6.45) is 4.07. The van der Waals surface area contributed by atoms with Crippen molar-refractivity contribution < 1.29 is 4.79 Å². The molecule has 1 aliphatic carbocycles. The van der Waals surface area contributed by atoms with Gasteiger partial charge in [0.05, 0.1) is 11.3 Å². The Hall–Kier alpha value is -1.07. The summed E-state index contributed by atoms with van der Waals surface area (Å²) in [4.78, 5) is 12.3. The molecule has 1 aromatic heterocycles. The van der Waals surface area contributed by atoms with Crippen molar-refractivity contribution in [2.24, 2.45) is 12.8 Å². The average Bonchev–Trinajstić information content (AvgIpc) is 2.53. The second-order valence-corrected chi connectivity index (χ2v) is 5.27. The molecule has 0 bridgehead atoms. The van der Waals surface area contributed by atoms with Gasteiger partial charge >= 0.3 is 0 Å². The average molecular weight is 287 g/mol. The van der Waals surface area contributed by atoms with Gasteiger partial charge < -0.3 is 11.1 Å². The highest BCUT2D eigenvalue weighted by atomic mass is 35.5. The number of halogens is 1. The van der Waals surface area contributed by atoms with E-state index in [0.717, 1.165) is 37.1 Å². The van der Waals surface area contributed by atoms with E-state index in [4.69, 9.17) is 5.73 Å². The van der Waals surface area contributed by atoms with Gasteiger partial charge in [-0.1, -0.05) is 0 Å². The second kappa shape index (κ2) is 6.39. The number of amides is 1. The van der Waals surface area contributed by atoms with Gasteiger partial charge in [0.2, 0.25) is 0 Å². The molecule has 3 N–H and O–H groups in total. The topological polar surface area (TPSA) is 72.9 Å². The molecular weight excluding hydrogens is 264 g/mol. The quantitative estimate of drug-likeness (QED) is 0.864. The van der Waals surface area contributed by atoms with E-state index in [9.17, 15) is 4.79 Å². The number of nitrogens with zero attached hydrogens (tertiary/aromatic N) is 2. The largest absolute Gasteiger partial charge is 0.349 e. The van der Waals surface area contributed by atoms with Crippen LogP contribution < -0.4 is 11.1 Å². The Morgan fingerprint density at radius 1 is 1.42 bits per heavy atom. The standard InChI is InChI=1S/C13H22N4O.ClH/c1-8-12(9(2)17(3)16-8)13(18)15-11-6-4-5-10(14)7-11;/h10-11H,4-7,14H2,1-3H3,(H,15,18);1H. The molecule has 0 radical (unpaired) electrons. The number of carbonyl (C=O) groups excluding carboxylic acids is 1. The predicted molar refractivity (Wildman–Crippen MR) is 77.6 cm³/mol. The van der Waals surface area contributed by atoms with Crippen LogP contribution in [-0.2, 0) is 7.05 Å². The Balaban J connectivity index is 0.00000180. The van der Waals surface area contributed by atoms with Gasteiger partial charge in [0, 0.05) is 24.8 Å². The molecule has 2 unspecified atom stereocenters. The van der Waals surface area contributed by atoms with E-state index in [1.165, 1.54) is 0 Å². The lowest BCUT2D eigenvalue weighted by molar-refractivity contribution is 0.0924. The number of rotatable bonds is 2. The summed E-state index contributed by atoms with van der Waals surface area (Å²) < 4.78 is 1.75. The van der Waals surface area contributed by atoms with Gasteiger partial charge in [-0.2, -0.15) is 5.10 Å². The Bertz CT molecular complexity index is 458. The summed E-state index contributed by atoms with van der Waals surface area (Å²) in [6, 6.07) is 0.431. The van der Waals surface area contributed by atoms with Crippen molar-refractivity contribution in [1.29, 1.82) is 0 Å². The molecule has 19 heavy (non-hydrogen) atoms. The first-order valence-electron chi connectivity index (χ1n) is 6.55. The lowest BCUT2D eigenvalue weighted by Gasteiger charge is -2.27. The number of nitrogens with one attached hydrogen (secondary N) is 1. The fourth-order valence-electron chi connectivity index (χ4n) is 2.72. The SMILES string of the molecule is Cc1nn(C)c(C)c1C(=O)NC1CCCC(N)C1.Cl. The zero-order valence-electron chi connectivity index (χ0n) is 11.8. The fraction of sp³-hybridized carbons (Fsp3) is 0.692. The van der Waals surface area contributed by atoms with Crippen molar-refractivity contribution in [3.05, 3.63) is 17.0 Å². The lowest BCUT2D eigenvalue weighted by atomic mass is 9.91. The molecule has 0 saturated heterocycles. The Kier molecular flexibility index (Phi) is 5.38. The van der Waals surface area contributed by atoms with Gasteiger partial charge in [0.15, 0.2) is 0 Å². The summed E-state index contributed by atoms with van der Waals surface area (Å²) in [7, 11) is 1.86. The van der Waals surface area contributed by atoms with Crippen LogP contribution in [0.2, 0.25) is 0 Å². The van der Waals surface area contributed by atoms with Crippen LogP contribution in [0.25, 0.3) is 0 Å². The minimum atomic E-state index is -0.0165. The summed E-state index contributed by atoms with van der Waals surface area (Å²) in [5.74, 6) is -0.0165. The first-order valence-corrected chi connectivity index (χ1v) is 6.55. The maximum Gasteiger partial charge on any atom is 0.255 e. The maximum atomic E-state index is 12.3. The number of aromatic nitrogens is 2. The van der Waals surface area contributed by atoms with E-state index in [1.54, 1.807) is 4.68 Å². The van der Waals surface area contributed by atoms with Crippen LogP contribution in [0.15, 0.2) is 0 Å². The molecule has 2 rings (SSSR count). The Morgan fingerprint density at radius 2 is 2.11 bits per heavy atom. The molecule has 1 heterocycles. The van der Waals surface area contributed by atoms with Crippen molar-refractivity contribution in [3.8, 4) is 0 Å². The third-order valence-corrected chi connectivity index (χ3v) is 3.79. The van der Waals surface area contributed by atoms with Crippen LogP contribution >= 0.6 is 12.4 Å². The van der Waals surface area contributed by atoms with Gasteiger partial charge in [-0.05, 0) is 39.5 Å². The van der Waals surface area contributed by atoms with Crippen LogP contribution in [0.5, 0.6) is 0 Å². The first kappa shape index (κ1) is 16.0. The van der Waals surface area contributed by atoms with Crippen molar-refractivity contribution >= 4 is 18.3 Å². The maximum absolute atomic E-state index is 12.3. The van der Waals surface area contributed by atoms with Crippen molar-refractivity contribution in [3.63, 3.8) is 0 Å². The second-order valence-electron chi connectivity index (χ2n) is 5.27. The summed E-state index contributed by atoms with van der Waals surface area (Å²) in [5, 5.41) is 7.36. The van der Waals surface area contributed by atoms with Crippen LogP contribution in [0.1, 0.15) is 47.4 Å². The van der Waals surface area contributed by atoms with E-state index in [-0.39, 0.29) is 30.4 Å². The zero-order chi connectivity index (χ0) is 13.3. The van der Waals surface area contributed by atoms with E-state index in [2.05, 4.69) is 10.4 Å². The molecule has 0 aliphatic heterocycles. The number of aryl methyl sites for hydroxylation is 2. The van der Waals surface area contributed by atoms with E-state index >= 15 is 0 Å². The molecule has 0 aromatic carbocycles. The monoisotopic (exact) mass is 286 g/mol. The van der Waals surface area contributed by atoms with Crippen LogP contribution in [0.4, 0.5) is 0 Å². The van der Waals surface area contributed by atoms with E-state index in [1.807, 2.05) is 20.9 Å². The molecule has 0 spiro atoms. The van der Waals surface area contributed by atoms with Crippen molar-refractivity contribution in [2.45, 2.75) is 51.6 Å². The predicted octanol–water partition coefficient (Wildman–Crippen LogP) is 1.46. The molecule has 5 nitrogen and oxygen atoms in total. The number of hydrogen-bond acceptors (Lipinski definition) is 3. The molecule has 1 aromatic rings. The van der Waals surface area contributed by atoms with Gasteiger partial charge in [-0.15, -0.1) is 12.4 Å². The summed E-state index contributed by atoms with van der Waals surface area (Å²) in [6.45, 7) is 3.79. The molecule has 1 amide bonds. The van der Waals surface area contributed by atoms with Gasteiger partial charge in [-0.3, -0.25) is 9.48 Å². The molecular formula is C13H23ClN4O. The number of hydrogen-bond donors (Lipinski definition) is 2. The van der Waals surface area contributed by atoms with Gasteiger partial charge in [-0.25, -0.2) is 0 Å². The van der Waals surface area contributed by atoms with Gasteiger partial charge in [0.25, 0.3) is 5.91 Å². The Morgan fingerprint density at radius 3 is 2.63 bits per heavy atom. The third-order valence-electron chi connectivity index (χ3n) is 3.79. The smallest absolute Gasteiger partial charge is 0.255 e. The van der Waals surface area contributed by atoms with Crippen LogP contribution in [-0.4, -0.2) is 27.8 Å². The molecule has 108 valence electrons. The molecule has 1 fully saturated rings. The minimum absolute atomic E-state index is 0. The van der Waals surface area contributed by atoms with Crippen molar-refractivity contribution in [2.75, 3.05) is 0 Å². The summed E-state index contributed by atoms with van der Waals surface area (Å²) in [5.41, 5.74) is 8.33. The van der Waals surface area contributed by atoms with E-state index < -0.39 is 0 Å². The number of carbonyl (C=O) groups is 1. The lowest BCUT2D eigenvalue weighted by Crippen LogP contribution is -2.42. The highest BCUT2D eigenvalue weighted by Crippen LogP contribution is 2.18. The molecule has 2 atom stereocenters. The normalized spacial score (nSPS) is 22.7. The highest BCUT2D eigenvalue weighted by Gasteiger charge is 2.24. The van der Waals surface area contributed by atoms with E-state index in [0.29, 0.717) is 5.56 Å². The number of nitrogens with two attached hydrogens (primary N) is 1. The Labute approximate surface area is 120 Å². The zero-order valence-corrected chi connectivity index (χ0v) is 12.6. The highest BCUT2D eigenvalue weighted by molar-refractivity contribution is 5.96. The van der Waals surface area contributed by atoms with Crippen LogP contribution in [0, 0.1) is 13.8 Å². The molecule has 6 heteroatoms. The van der Waals surface area contributed by atoms with Crippen molar-refractivity contribution in [1.82, 2.24) is 15.1 Å². The summed E-state index contributed by atoms with van der Waals surface area (Å²) >= 11 is 0. The fourth-order valence-corrected chi connectivity index (χ4v) is 2.72. The first-order chi connectivity index (χ1) is 8.49. The molecule has 1 saturated carbocycles. The van der Waals surface area contributed by atoms with Crippen LogP contribution in [0.3, 0.4) is 0 Å². The third kappa shape index (κ3) is 3.48. The van der Waals surface area contributed by atoms with Gasteiger partial charge in [0.1, 0.15) is 0 Å². The minimum Gasteiger partial charge on any atom is -0.349 e.